The number of hydrogen-bond acceptors (Lipinski definition) is 6. The van der Waals surface area contributed by atoms with Crippen LogP contribution in [0.4, 0.5) is 5.69 Å². The lowest BCUT2D eigenvalue weighted by atomic mass is 10.1. The molecule has 1 N–H and O–H groups in total. The number of nitrogens with one attached hydrogen (secondary N) is 1. The number of methoxy groups -OCH3 is 1. The molecule has 0 aliphatic carbocycles. The third-order valence-electron chi connectivity index (χ3n) is 4.40. The van der Waals surface area contributed by atoms with E-state index in [1.165, 1.54) is 12.0 Å². The molecule has 0 bridgehead atoms. The molecule has 1 aliphatic heterocycles. The fourth-order valence-electron chi connectivity index (χ4n) is 2.91. The molecule has 30 heavy (non-hydrogen) atoms. The number of hydrogen-bond donors (Lipinski definition) is 1. The summed E-state index contributed by atoms with van der Waals surface area (Å²) in [6, 6.07) is 17.1. The molecule has 1 saturated heterocycles. The zero-order valence-corrected chi connectivity index (χ0v) is 17.3. The van der Waals surface area contributed by atoms with Crippen molar-refractivity contribution in [2.24, 2.45) is 0 Å². The number of rotatable bonds is 4. The van der Waals surface area contributed by atoms with Crippen LogP contribution in [0.1, 0.15) is 16.1 Å². The third kappa shape index (κ3) is 3.90. The van der Waals surface area contributed by atoms with Gasteiger partial charge in [-0.15, -0.1) is 0 Å². The molecule has 3 aromatic rings. The summed E-state index contributed by atoms with van der Waals surface area (Å²) in [6.07, 6.45) is 1.61. The van der Waals surface area contributed by atoms with Gasteiger partial charge in [0.1, 0.15) is 11.5 Å². The molecule has 150 valence electrons. The highest BCUT2D eigenvalue weighted by Crippen LogP contribution is 2.36. The lowest BCUT2D eigenvalue weighted by molar-refractivity contribution is -0.113. The largest absolute Gasteiger partial charge is 0.465 e. The maximum Gasteiger partial charge on any atom is 0.337 e. The van der Waals surface area contributed by atoms with E-state index in [9.17, 15) is 9.59 Å². The average Bonchev–Trinajstić information content (AvgIpc) is 3.33. The highest BCUT2D eigenvalue weighted by molar-refractivity contribution is 8.19. The van der Waals surface area contributed by atoms with E-state index in [0.717, 1.165) is 17.3 Å². The molecule has 0 spiro atoms. The van der Waals surface area contributed by atoms with Crippen LogP contribution >= 0.6 is 23.4 Å². The van der Waals surface area contributed by atoms with Crippen LogP contribution in [-0.2, 0) is 9.53 Å². The van der Waals surface area contributed by atoms with Crippen molar-refractivity contribution >= 4 is 52.2 Å². The molecule has 0 unspecified atom stereocenters. The number of ether oxygens (including phenoxy) is 1. The van der Waals surface area contributed by atoms with Gasteiger partial charge in [-0.3, -0.25) is 15.1 Å². The highest BCUT2D eigenvalue weighted by Gasteiger charge is 2.33. The second-order valence-electron chi connectivity index (χ2n) is 6.30. The Kier molecular flexibility index (Phi) is 5.48. The van der Waals surface area contributed by atoms with Crippen LogP contribution in [0, 0.1) is 5.41 Å². The summed E-state index contributed by atoms with van der Waals surface area (Å²) in [6.45, 7) is 0. The monoisotopic (exact) mass is 438 g/mol. The van der Waals surface area contributed by atoms with E-state index < -0.39 is 5.97 Å². The summed E-state index contributed by atoms with van der Waals surface area (Å²) >= 11 is 6.97. The smallest absolute Gasteiger partial charge is 0.337 e. The van der Waals surface area contributed by atoms with Crippen molar-refractivity contribution < 1.29 is 18.7 Å². The summed E-state index contributed by atoms with van der Waals surface area (Å²) in [5.74, 6) is 0.380. The highest BCUT2D eigenvalue weighted by atomic mass is 35.5. The van der Waals surface area contributed by atoms with Gasteiger partial charge in [-0.2, -0.15) is 0 Å². The topological polar surface area (TPSA) is 83.6 Å². The SMILES string of the molecule is COC(=O)c1ccc(-c2ccc(/C=C3/SC(=N)N(c4ccc(Cl)cc4)C3=O)o2)cc1. The molecular formula is C22H15ClN2O4S. The number of carbonyl (C=O) groups excluding carboxylic acids is 2. The Bertz CT molecular complexity index is 1170. The number of benzene rings is 2. The van der Waals surface area contributed by atoms with Crippen molar-refractivity contribution in [2.75, 3.05) is 12.0 Å². The number of amidine groups is 1. The fraction of sp³-hybridized carbons (Fsp3) is 0.0455. The van der Waals surface area contributed by atoms with Gasteiger partial charge in [-0.25, -0.2) is 4.79 Å². The summed E-state index contributed by atoms with van der Waals surface area (Å²) in [5.41, 5.74) is 1.81. The van der Waals surface area contributed by atoms with Crippen molar-refractivity contribution in [3.05, 3.63) is 81.9 Å². The van der Waals surface area contributed by atoms with Gasteiger partial charge in [0.2, 0.25) is 0 Å². The number of furan rings is 1. The van der Waals surface area contributed by atoms with Gasteiger partial charge in [-0.1, -0.05) is 23.7 Å². The van der Waals surface area contributed by atoms with Crippen LogP contribution in [0.25, 0.3) is 17.4 Å². The van der Waals surface area contributed by atoms with E-state index in [-0.39, 0.29) is 11.1 Å². The zero-order chi connectivity index (χ0) is 21.3. The molecule has 1 amide bonds. The molecular weight excluding hydrogens is 424 g/mol. The van der Waals surface area contributed by atoms with Crippen LogP contribution in [-0.4, -0.2) is 24.2 Å². The molecule has 6 nitrogen and oxygen atoms in total. The Morgan fingerprint density at radius 2 is 1.80 bits per heavy atom. The van der Waals surface area contributed by atoms with E-state index >= 15 is 0 Å². The van der Waals surface area contributed by atoms with Gasteiger partial charge in [0.05, 0.1) is 23.3 Å². The lowest BCUT2D eigenvalue weighted by Crippen LogP contribution is -2.27. The summed E-state index contributed by atoms with van der Waals surface area (Å²) in [4.78, 5) is 26.0. The van der Waals surface area contributed by atoms with Crippen molar-refractivity contribution in [1.82, 2.24) is 0 Å². The summed E-state index contributed by atoms with van der Waals surface area (Å²) in [7, 11) is 1.33. The first-order valence-electron chi connectivity index (χ1n) is 8.83. The van der Waals surface area contributed by atoms with Crippen LogP contribution in [0.15, 0.2) is 70.0 Å². The van der Waals surface area contributed by atoms with Gasteiger partial charge < -0.3 is 9.15 Å². The minimum Gasteiger partial charge on any atom is -0.465 e. The number of halogens is 1. The molecule has 0 radical (unpaired) electrons. The van der Waals surface area contributed by atoms with Gasteiger partial charge >= 0.3 is 5.97 Å². The molecule has 1 aliphatic rings. The molecule has 0 saturated carbocycles. The second-order valence-corrected chi connectivity index (χ2v) is 7.77. The quantitative estimate of drug-likeness (QED) is 0.433. The number of anilines is 1. The number of nitrogens with zero attached hydrogens (tertiary/aromatic N) is 1. The van der Waals surface area contributed by atoms with Crippen LogP contribution in [0.3, 0.4) is 0 Å². The van der Waals surface area contributed by atoms with E-state index in [4.69, 9.17) is 26.2 Å². The van der Waals surface area contributed by atoms with E-state index in [0.29, 0.717) is 32.7 Å². The maximum absolute atomic E-state index is 12.8. The van der Waals surface area contributed by atoms with Crippen molar-refractivity contribution in [3.8, 4) is 11.3 Å². The second kappa shape index (κ2) is 8.22. The minimum absolute atomic E-state index is 0.110. The van der Waals surface area contributed by atoms with Crippen LogP contribution in [0.5, 0.6) is 0 Å². The third-order valence-corrected chi connectivity index (χ3v) is 5.54. The van der Waals surface area contributed by atoms with Crippen molar-refractivity contribution in [2.45, 2.75) is 0 Å². The first-order chi connectivity index (χ1) is 14.5. The predicted molar refractivity (Wildman–Crippen MR) is 118 cm³/mol. The summed E-state index contributed by atoms with van der Waals surface area (Å²) < 4.78 is 10.5. The molecule has 8 heteroatoms. The first-order valence-corrected chi connectivity index (χ1v) is 10.0. The number of amides is 1. The Balaban J connectivity index is 1.55. The van der Waals surface area contributed by atoms with Crippen molar-refractivity contribution in [3.63, 3.8) is 0 Å². The van der Waals surface area contributed by atoms with Crippen LogP contribution in [0.2, 0.25) is 5.02 Å². The Morgan fingerprint density at radius 3 is 2.47 bits per heavy atom. The number of thioether (sulfide) groups is 1. The Labute approximate surface area is 181 Å². The Hall–Kier alpha value is -3.29. The summed E-state index contributed by atoms with van der Waals surface area (Å²) in [5, 5.41) is 8.83. The van der Waals surface area contributed by atoms with E-state index in [1.807, 2.05) is 0 Å². The lowest BCUT2D eigenvalue weighted by Gasteiger charge is -2.14. The fourth-order valence-corrected chi connectivity index (χ4v) is 3.88. The minimum atomic E-state index is -0.407. The van der Waals surface area contributed by atoms with Gasteiger partial charge in [0.15, 0.2) is 5.17 Å². The molecule has 2 aromatic carbocycles. The number of esters is 1. The molecule has 1 aromatic heterocycles. The normalized spacial score (nSPS) is 15.1. The molecule has 4 rings (SSSR count). The van der Waals surface area contributed by atoms with Crippen LogP contribution < -0.4 is 4.90 Å². The first kappa shape index (κ1) is 20.0. The molecule has 2 heterocycles. The van der Waals surface area contributed by atoms with E-state index in [1.54, 1.807) is 66.7 Å². The van der Waals surface area contributed by atoms with Crippen molar-refractivity contribution in [1.29, 1.82) is 5.41 Å². The van der Waals surface area contributed by atoms with Gasteiger partial charge in [-0.05, 0) is 60.3 Å². The van der Waals surface area contributed by atoms with E-state index in [2.05, 4.69) is 0 Å². The Morgan fingerprint density at radius 1 is 1.10 bits per heavy atom. The molecule has 0 atom stereocenters. The predicted octanol–water partition coefficient (Wildman–Crippen LogP) is 5.44. The number of carbonyl (C=O) groups is 2. The maximum atomic E-state index is 12.8. The molecule has 1 fully saturated rings. The van der Waals surface area contributed by atoms with Gasteiger partial charge in [0.25, 0.3) is 5.91 Å². The average molecular weight is 439 g/mol. The standard InChI is InChI=1S/C22H15ClN2O4S/c1-28-21(27)14-4-2-13(3-5-14)18-11-10-17(29-18)12-19-20(26)25(22(24)30-19)16-8-6-15(23)7-9-16/h2-12,24H,1H3/b19-12+,24-22?. The van der Waals surface area contributed by atoms with Gasteiger partial charge in [0, 0.05) is 16.7 Å². The zero-order valence-electron chi connectivity index (χ0n) is 15.7.